The van der Waals surface area contributed by atoms with Crippen LogP contribution in [0.2, 0.25) is 0 Å². The second-order valence-electron chi connectivity index (χ2n) is 5.67. The van der Waals surface area contributed by atoms with Crippen LogP contribution >= 0.6 is 0 Å². The Labute approximate surface area is 138 Å². The van der Waals surface area contributed by atoms with Gasteiger partial charge in [0.2, 0.25) is 0 Å². The first-order chi connectivity index (χ1) is 10.9. The van der Waals surface area contributed by atoms with Crippen LogP contribution in [-0.4, -0.2) is 81.0 Å². The van der Waals surface area contributed by atoms with Crippen LogP contribution in [-0.2, 0) is 18.9 Å². The molecule has 0 radical (unpaired) electrons. The fourth-order valence-corrected chi connectivity index (χ4v) is 1.49. The Morgan fingerprint density at radius 2 is 1.61 bits per heavy atom. The molecule has 0 fully saturated rings. The third-order valence-corrected chi connectivity index (χ3v) is 2.46. The molecule has 0 rings (SSSR count). The molecule has 0 saturated carbocycles. The van der Waals surface area contributed by atoms with Gasteiger partial charge in [-0.25, -0.2) is 4.79 Å². The van der Waals surface area contributed by atoms with E-state index in [4.69, 9.17) is 30.5 Å². The molecule has 0 aromatic rings. The number of rotatable bonds is 12. The predicted molar refractivity (Wildman–Crippen MR) is 86.2 cm³/mol. The quantitative estimate of drug-likeness (QED) is 0.423. The summed E-state index contributed by atoms with van der Waals surface area (Å²) in [5.74, 6) is 2.37. The lowest BCUT2D eigenvalue weighted by atomic mass is 10.2. The molecule has 0 unspecified atom stereocenters. The fraction of sp³-hybridized carbons (Fsp3) is 0.812. The van der Waals surface area contributed by atoms with Gasteiger partial charge in [-0.05, 0) is 20.8 Å². The summed E-state index contributed by atoms with van der Waals surface area (Å²) in [5.41, 5.74) is -0.564. The van der Waals surface area contributed by atoms with E-state index in [0.29, 0.717) is 39.5 Å². The van der Waals surface area contributed by atoms with Gasteiger partial charge in [0, 0.05) is 13.1 Å². The highest BCUT2D eigenvalue weighted by molar-refractivity contribution is 5.68. The van der Waals surface area contributed by atoms with E-state index in [1.807, 2.05) is 20.8 Å². The van der Waals surface area contributed by atoms with E-state index in [9.17, 15) is 4.79 Å². The van der Waals surface area contributed by atoms with E-state index in [2.05, 4.69) is 5.92 Å². The van der Waals surface area contributed by atoms with Gasteiger partial charge in [0.05, 0.1) is 39.6 Å². The van der Waals surface area contributed by atoms with Crippen molar-refractivity contribution in [3.05, 3.63) is 0 Å². The number of aliphatic hydroxyl groups excluding tert-OH is 1. The molecule has 0 aliphatic rings. The summed E-state index contributed by atoms with van der Waals surface area (Å²) in [4.78, 5) is 13.6. The summed E-state index contributed by atoms with van der Waals surface area (Å²) in [6.45, 7) is 8.14. The van der Waals surface area contributed by atoms with Crippen LogP contribution in [0.4, 0.5) is 4.79 Å². The topological polar surface area (TPSA) is 77.5 Å². The lowest BCUT2D eigenvalue weighted by molar-refractivity contribution is 0.00376. The SMILES string of the molecule is C#CCOCCOCCN(CCOCCO)C(=O)OC(C)(C)C. The van der Waals surface area contributed by atoms with E-state index in [1.54, 1.807) is 0 Å². The molecule has 0 aromatic heterocycles. The van der Waals surface area contributed by atoms with Crippen molar-refractivity contribution in [2.75, 3.05) is 59.3 Å². The number of terminal acetylenes is 1. The predicted octanol–water partition coefficient (Wildman–Crippen LogP) is 0.899. The van der Waals surface area contributed by atoms with Gasteiger partial charge in [-0.3, -0.25) is 0 Å². The molecule has 0 aliphatic heterocycles. The first kappa shape index (κ1) is 21.7. The summed E-state index contributed by atoms with van der Waals surface area (Å²) in [6.07, 6.45) is 4.64. The van der Waals surface area contributed by atoms with Crippen molar-refractivity contribution < 1.29 is 28.8 Å². The number of ether oxygens (including phenoxy) is 4. The van der Waals surface area contributed by atoms with E-state index < -0.39 is 11.7 Å². The molecule has 134 valence electrons. The van der Waals surface area contributed by atoms with Crippen molar-refractivity contribution >= 4 is 6.09 Å². The van der Waals surface area contributed by atoms with Crippen LogP contribution in [0.1, 0.15) is 20.8 Å². The highest BCUT2D eigenvalue weighted by Crippen LogP contribution is 2.09. The Bertz CT molecular complexity index is 347. The molecule has 0 bridgehead atoms. The molecule has 0 aliphatic carbocycles. The lowest BCUT2D eigenvalue weighted by Crippen LogP contribution is -2.40. The summed E-state index contributed by atoms with van der Waals surface area (Å²) < 4.78 is 21.0. The molecule has 0 aromatic carbocycles. The number of amides is 1. The molecular weight excluding hydrogens is 302 g/mol. The van der Waals surface area contributed by atoms with Crippen LogP contribution in [0.15, 0.2) is 0 Å². The molecule has 1 amide bonds. The number of nitrogens with zero attached hydrogens (tertiary/aromatic N) is 1. The van der Waals surface area contributed by atoms with Crippen LogP contribution < -0.4 is 0 Å². The number of hydrogen-bond donors (Lipinski definition) is 1. The Balaban J connectivity index is 4.11. The molecule has 1 N–H and O–H groups in total. The van der Waals surface area contributed by atoms with Crippen molar-refractivity contribution in [2.24, 2.45) is 0 Å². The first-order valence-electron chi connectivity index (χ1n) is 7.66. The second-order valence-corrected chi connectivity index (χ2v) is 5.67. The standard InChI is InChI=1S/C16H29NO6/c1-5-9-20-13-14-22-11-7-17(6-10-21-12-8-18)15(19)23-16(2,3)4/h1,18H,6-14H2,2-4H3. The molecule has 0 atom stereocenters. The van der Waals surface area contributed by atoms with Crippen LogP contribution in [0, 0.1) is 12.3 Å². The number of aliphatic hydroxyl groups is 1. The second kappa shape index (κ2) is 13.1. The van der Waals surface area contributed by atoms with Gasteiger partial charge in [-0.1, -0.05) is 5.92 Å². The fourth-order valence-electron chi connectivity index (χ4n) is 1.49. The molecule has 0 spiro atoms. The molecule has 0 saturated heterocycles. The van der Waals surface area contributed by atoms with Crippen LogP contribution in [0.25, 0.3) is 0 Å². The maximum Gasteiger partial charge on any atom is 0.410 e. The Kier molecular flexibility index (Phi) is 12.4. The van der Waals surface area contributed by atoms with E-state index >= 15 is 0 Å². The smallest absolute Gasteiger partial charge is 0.410 e. The van der Waals surface area contributed by atoms with Gasteiger partial charge < -0.3 is 29.0 Å². The lowest BCUT2D eigenvalue weighted by Gasteiger charge is -2.27. The molecular formula is C16H29NO6. The Hall–Kier alpha value is -1.33. The van der Waals surface area contributed by atoms with Crippen LogP contribution in [0.3, 0.4) is 0 Å². The number of hydrogen-bond acceptors (Lipinski definition) is 6. The van der Waals surface area contributed by atoms with E-state index in [-0.39, 0.29) is 19.8 Å². The van der Waals surface area contributed by atoms with Crippen molar-refractivity contribution in [2.45, 2.75) is 26.4 Å². The van der Waals surface area contributed by atoms with Gasteiger partial charge in [0.25, 0.3) is 0 Å². The minimum Gasteiger partial charge on any atom is -0.444 e. The normalized spacial score (nSPS) is 11.1. The highest BCUT2D eigenvalue weighted by Gasteiger charge is 2.21. The minimum absolute atomic E-state index is 0.0484. The summed E-state index contributed by atoms with van der Waals surface area (Å²) in [7, 11) is 0. The minimum atomic E-state index is -0.564. The number of carbonyl (C=O) groups is 1. The Morgan fingerprint density at radius 1 is 1.04 bits per heavy atom. The van der Waals surface area contributed by atoms with Gasteiger partial charge >= 0.3 is 6.09 Å². The zero-order valence-electron chi connectivity index (χ0n) is 14.4. The van der Waals surface area contributed by atoms with Crippen molar-refractivity contribution in [3.63, 3.8) is 0 Å². The highest BCUT2D eigenvalue weighted by atomic mass is 16.6. The van der Waals surface area contributed by atoms with Crippen molar-refractivity contribution in [1.29, 1.82) is 0 Å². The molecule has 7 nitrogen and oxygen atoms in total. The van der Waals surface area contributed by atoms with Gasteiger partial charge in [-0.2, -0.15) is 0 Å². The molecule has 23 heavy (non-hydrogen) atoms. The van der Waals surface area contributed by atoms with E-state index in [0.717, 1.165) is 0 Å². The monoisotopic (exact) mass is 331 g/mol. The molecule has 0 heterocycles. The maximum absolute atomic E-state index is 12.1. The Morgan fingerprint density at radius 3 is 2.13 bits per heavy atom. The third kappa shape index (κ3) is 14.0. The maximum atomic E-state index is 12.1. The van der Waals surface area contributed by atoms with Gasteiger partial charge in [-0.15, -0.1) is 6.42 Å². The van der Waals surface area contributed by atoms with Crippen LogP contribution in [0.5, 0.6) is 0 Å². The largest absolute Gasteiger partial charge is 0.444 e. The average molecular weight is 331 g/mol. The zero-order valence-corrected chi connectivity index (χ0v) is 14.4. The summed E-state index contributed by atoms with van der Waals surface area (Å²) >= 11 is 0. The summed E-state index contributed by atoms with van der Waals surface area (Å²) in [6, 6.07) is 0. The first-order valence-corrected chi connectivity index (χ1v) is 7.66. The van der Waals surface area contributed by atoms with Crippen molar-refractivity contribution in [1.82, 2.24) is 4.90 Å². The van der Waals surface area contributed by atoms with Crippen molar-refractivity contribution in [3.8, 4) is 12.3 Å². The average Bonchev–Trinajstić information content (AvgIpc) is 2.46. The third-order valence-electron chi connectivity index (χ3n) is 2.46. The summed E-state index contributed by atoms with van der Waals surface area (Å²) in [5, 5.41) is 8.68. The van der Waals surface area contributed by atoms with Gasteiger partial charge in [0.15, 0.2) is 0 Å². The van der Waals surface area contributed by atoms with Gasteiger partial charge in [0.1, 0.15) is 12.2 Å². The van der Waals surface area contributed by atoms with E-state index in [1.165, 1.54) is 4.90 Å². The molecule has 7 heteroatoms. The number of carbonyl (C=O) groups excluding carboxylic acids is 1. The zero-order chi connectivity index (χ0) is 17.6.